The number of phosphoric ester groups is 1. The van der Waals surface area contributed by atoms with E-state index in [1.807, 2.05) is 0 Å². The number of allylic oxidation sites excluding steroid dienone is 10. The Morgan fingerprint density at radius 1 is 0.303 bits per heavy atom. The third-order valence-electron chi connectivity index (χ3n) is 19.9. The van der Waals surface area contributed by atoms with Gasteiger partial charge in [0.05, 0.1) is 13.2 Å². The lowest BCUT2D eigenvalue weighted by molar-refractivity contribution is -0.161. The maximum absolute atomic E-state index is 12.8. The quantitative estimate of drug-likeness (QED) is 0.0264. The number of ether oxygens (including phenoxy) is 2. The number of rotatable bonds is 84. The number of hydrogen-bond donors (Lipinski definition) is 2. The molecule has 0 spiro atoms. The van der Waals surface area contributed by atoms with Gasteiger partial charge in [-0.15, -0.1) is 0 Å². The van der Waals surface area contributed by atoms with Crippen LogP contribution in [0.3, 0.4) is 0 Å². The minimum Gasteiger partial charge on any atom is -0.462 e. The third-order valence-corrected chi connectivity index (χ3v) is 20.9. The summed E-state index contributed by atoms with van der Waals surface area (Å²) in [6.07, 6.45) is 113. The Morgan fingerprint density at radius 2 is 0.525 bits per heavy atom. The average molecular weight is 1410 g/mol. The van der Waals surface area contributed by atoms with Crippen LogP contribution in [0.15, 0.2) is 60.8 Å². The van der Waals surface area contributed by atoms with E-state index in [9.17, 15) is 19.0 Å². The van der Waals surface area contributed by atoms with E-state index >= 15 is 0 Å². The molecule has 0 aromatic carbocycles. The van der Waals surface area contributed by atoms with Gasteiger partial charge in [0, 0.05) is 19.4 Å². The summed E-state index contributed by atoms with van der Waals surface area (Å²) >= 11 is 0. The zero-order valence-corrected chi connectivity index (χ0v) is 66.9. The number of carbonyl (C=O) groups is 2. The van der Waals surface area contributed by atoms with Gasteiger partial charge in [-0.1, -0.05) is 428 Å². The molecule has 582 valence electrons. The first kappa shape index (κ1) is 96.7. The van der Waals surface area contributed by atoms with Gasteiger partial charge in [-0.05, 0) is 83.5 Å². The maximum atomic E-state index is 12.8. The van der Waals surface area contributed by atoms with Crippen molar-refractivity contribution in [1.82, 2.24) is 0 Å². The van der Waals surface area contributed by atoms with Crippen molar-refractivity contribution in [3.8, 4) is 0 Å². The molecule has 0 aliphatic heterocycles. The van der Waals surface area contributed by atoms with E-state index in [0.717, 1.165) is 51.4 Å². The van der Waals surface area contributed by atoms with E-state index in [0.29, 0.717) is 6.42 Å². The first-order chi connectivity index (χ1) is 48.8. The number of hydrogen-bond acceptors (Lipinski definition) is 8. The van der Waals surface area contributed by atoms with Gasteiger partial charge in [-0.25, -0.2) is 4.57 Å². The van der Waals surface area contributed by atoms with Gasteiger partial charge in [0.25, 0.3) is 0 Å². The number of unbranched alkanes of at least 4 members (excludes halogenated alkanes) is 61. The van der Waals surface area contributed by atoms with Crippen molar-refractivity contribution in [2.45, 2.75) is 469 Å². The maximum Gasteiger partial charge on any atom is 0.472 e. The van der Waals surface area contributed by atoms with E-state index in [-0.39, 0.29) is 38.6 Å². The highest BCUT2D eigenvalue weighted by molar-refractivity contribution is 7.47. The van der Waals surface area contributed by atoms with E-state index in [1.165, 1.54) is 379 Å². The molecule has 3 N–H and O–H groups in total. The normalized spacial score (nSPS) is 13.1. The van der Waals surface area contributed by atoms with Crippen LogP contribution < -0.4 is 5.73 Å². The molecule has 0 saturated carbocycles. The van der Waals surface area contributed by atoms with Gasteiger partial charge in [0.15, 0.2) is 6.10 Å². The van der Waals surface area contributed by atoms with Crippen molar-refractivity contribution in [3.63, 3.8) is 0 Å². The Hall–Kier alpha value is -2.29. The van der Waals surface area contributed by atoms with Crippen molar-refractivity contribution in [2.75, 3.05) is 26.4 Å². The Labute approximate surface area is 616 Å². The predicted octanol–water partition coefficient (Wildman–Crippen LogP) is 29.7. The van der Waals surface area contributed by atoms with Crippen molar-refractivity contribution in [2.24, 2.45) is 5.73 Å². The van der Waals surface area contributed by atoms with Crippen LogP contribution in [0.4, 0.5) is 0 Å². The fourth-order valence-corrected chi connectivity index (χ4v) is 14.2. The molecule has 2 atom stereocenters. The molecule has 0 aliphatic rings. The lowest BCUT2D eigenvalue weighted by Gasteiger charge is -2.19. The number of nitrogens with two attached hydrogens (primary N) is 1. The van der Waals surface area contributed by atoms with Gasteiger partial charge in [-0.2, -0.15) is 0 Å². The highest BCUT2D eigenvalue weighted by atomic mass is 31.2. The minimum absolute atomic E-state index is 0.0561. The summed E-state index contributed by atoms with van der Waals surface area (Å²) in [5.41, 5.74) is 5.42. The molecule has 0 aliphatic carbocycles. The second-order valence-electron chi connectivity index (χ2n) is 29.8. The summed E-state index contributed by atoms with van der Waals surface area (Å²) in [6, 6.07) is 0. The highest BCUT2D eigenvalue weighted by Crippen LogP contribution is 2.43. The van der Waals surface area contributed by atoms with Crippen LogP contribution in [0.5, 0.6) is 0 Å². The molecule has 0 amide bonds. The monoisotopic (exact) mass is 1410 g/mol. The Bertz CT molecular complexity index is 1810. The molecular formula is C89H168NO8P. The zero-order valence-electron chi connectivity index (χ0n) is 66.0. The Kier molecular flexibility index (Phi) is 82.7. The molecule has 9 nitrogen and oxygen atoms in total. The van der Waals surface area contributed by atoms with Crippen molar-refractivity contribution in [1.29, 1.82) is 0 Å². The Morgan fingerprint density at radius 3 is 0.778 bits per heavy atom. The summed E-state index contributed by atoms with van der Waals surface area (Å²) in [5.74, 6) is -0.800. The average Bonchev–Trinajstić information content (AvgIpc) is 1.19. The lowest BCUT2D eigenvalue weighted by atomic mass is 10.0. The number of esters is 2. The van der Waals surface area contributed by atoms with Crippen LogP contribution in [0, 0.1) is 0 Å². The second kappa shape index (κ2) is 84.6. The SMILES string of the molecule is CCCCCCC/C=C\C/C=C\C/C=C\CCCCCCCCCCCCCCCCCCCCCCCCCCCCC(=O)OC(COC(=O)CCCCCCCCCCCCCCCCCCCCCCCCCCC/C=C\C/C=C\CCCCCCC)COP(=O)(O)OCCN. The minimum atomic E-state index is -4.40. The highest BCUT2D eigenvalue weighted by Gasteiger charge is 2.26. The summed E-state index contributed by atoms with van der Waals surface area (Å²) < 4.78 is 33.3. The topological polar surface area (TPSA) is 134 Å². The van der Waals surface area contributed by atoms with Gasteiger partial charge in [0.1, 0.15) is 6.61 Å². The third kappa shape index (κ3) is 84.5. The van der Waals surface area contributed by atoms with Crippen LogP contribution in [0.25, 0.3) is 0 Å². The molecule has 99 heavy (non-hydrogen) atoms. The molecule has 0 aromatic heterocycles. The molecule has 0 saturated heterocycles. The molecule has 0 heterocycles. The molecule has 2 unspecified atom stereocenters. The summed E-state index contributed by atoms with van der Waals surface area (Å²) in [4.78, 5) is 35.5. The molecule has 0 rings (SSSR count). The summed E-state index contributed by atoms with van der Waals surface area (Å²) in [7, 11) is -4.40. The van der Waals surface area contributed by atoms with Crippen LogP contribution in [0.1, 0.15) is 463 Å². The van der Waals surface area contributed by atoms with E-state index in [4.69, 9.17) is 24.3 Å². The molecule has 0 fully saturated rings. The Balaban J connectivity index is 3.71. The largest absolute Gasteiger partial charge is 0.472 e. The van der Waals surface area contributed by atoms with Crippen LogP contribution >= 0.6 is 7.82 Å². The van der Waals surface area contributed by atoms with Crippen LogP contribution in [0.2, 0.25) is 0 Å². The second-order valence-corrected chi connectivity index (χ2v) is 31.2. The smallest absolute Gasteiger partial charge is 0.462 e. The number of carbonyl (C=O) groups excluding carboxylic acids is 2. The van der Waals surface area contributed by atoms with E-state index in [1.54, 1.807) is 0 Å². The fourth-order valence-electron chi connectivity index (χ4n) is 13.4. The summed E-state index contributed by atoms with van der Waals surface area (Å²) in [6.45, 7) is 3.81. The van der Waals surface area contributed by atoms with E-state index in [2.05, 4.69) is 74.6 Å². The fraction of sp³-hybridized carbons (Fsp3) is 0.865. The first-order valence-electron chi connectivity index (χ1n) is 43.8. The van der Waals surface area contributed by atoms with Crippen molar-refractivity contribution >= 4 is 19.8 Å². The van der Waals surface area contributed by atoms with Gasteiger partial charge < -0.3 is 20.1 Å². The lowest BCUT2D eigenvalue weighted by Crippen LogP contribution is -2.29. The standard InChI is InChI=1S/C89H168NO8P/c1-3-5-7-9-11-13-15-17-19-21-23-25-27-29-31-33-35-37-39-41-42-43-44-46-48-50-52-54-56-58-60-62-64-66-68-70-72-74-76-78-80-82-89(92)98-87(86-97-99(93,94)96-84-83-90)85-95-88(91)81-79-77-75-73-71-69-67-65-63-61-59-57-55-53-51-49-47-45-40-38-36-34-32-30-28-26-24-22-20-18-16-14-12-10-8-6-4-2/h15-18,21-24,27,29,87H,3-14,19-20,25-26,28,30-86,90H2,1-2H3,(H,93,94)/b17-15-,18-16-,23-21-,24-22-,29-27-. The molecule has 10 heteroatoms. The summed E-state index contributed by atoms with van der Waals surface area (Å²) in [5, 5.41) is 0. The molecule has 0 bridgehead atoms. The molecule has 0 radical (unpaired) electrons. The van der Waals surface area contributed by atoms with Crippen molar-refractivity contribution < 1.29 is 37.6 Å². The van der Waals surface area contributed by atoms with Crippen LogP contribution in [-0.2, 0) is 32.7 Å². The predicted molar refractivity (Wildman–Crippen MR) is 432 cm³/mol. The zero-order chi connectivity index (χ0) is 71.5. The van der Waals surface area contributed by atoms with Gasteiger partial charge >= 0.3 is 19.8 Å². The van der Waals surface area contributed by atoms with E-state index < -0.39 is 26.5 Å². The van der Waals surface area contributed by atoms with Crippen molar-refractivity contribution in [3.05, 3.63) is 60.8 Å². The molecular weight excluding hydrogens is 1240 g/mol. The van der Waals surface area contributed by atoms with Gasteiger partial charge in [-0.3, -0.25) is 18.6 Å². The number of phosphoric acid groups is 1. The molecule has 0 aromatic rings. The van der Waals surface area contributed by atoms with Gasteiger partial charge in [0.2, 0.25) is 0 Å². The van der Waals surface area contributed by atoms with Crippen LogP contribution in [-0.4, -0.2) is 49.3 Å². The first-order valence-corrected chi connectivity index (χ1v) is 45.3.